The van der Waals surface area contributed by atoms with Gasteiger partial charge in [0.05, 0.1) is 17.3 Å². The lowest BCUT2D eigenvalue weighted by Gasteiger charge is -2.23. The van der Waals surface area contributed by atoms with Crippen LogP contribution in [0.2, 0.25) is 0 Å². The quantitative estimate of drug-likeness (QED) is 0.385. The van der Waals surface area contributed by atoms with Crippen LogP contribution in [0.3, 0.4) is 0 Å². The molecule has 2 fully saturated rings. The number of aryl methyl sites for hydroxylation is 1. The number of aliphatic hydroxyl groups is 1. The fraction of sp³-hybridized carbons (Fsp3) is 0.464. The number of pyridine rings is 2. The monoisotopic (exact) mass is 507 g/mol. The maximum Gasteiger partial charge on any atom is 0.319 e. The first kappa shape index (κ1) is 25.2. The summed E-state index contributed by atoms with van der Waals surface area (Å²) >= 11 is 0. The Morgan fingerprint density at radius 2 is 1.86 bits per heavy atom. The van der Waals surface area contributed by atoms with Crippen molar-refractivity contribution in [2.75, 3.05) is 17.7 Å². The molecule has 2 amide bonds. The number of halogens is 1. The Balaban J connectivity index is 1.56. The summed E-state index contributed by atoms with van der Waals surface area (Å²) < 4.78 is 16.7. The van der Waals surface area contributed by atoms with Gasteiger partial charge in [-0.15, -0.1) is 0 Å². The predicted octanol–water partition coefficient (Wildman–Crippen LogP) is 5.09. The number of aliphatic hydroxyl groups excluding tert-OH is 1. The second kappa shape index (κ2) is 10.5. The molecule has 0 spiro atoms. The number of anilines is 2. The molecule has 1 aromatic carbocycles. The fourth-order valence-corrected chi connectivity index (χ4v) is 5.74. The lowest BCUT2D eigenvalue weighted by Crippen LogP contribution is -2.39. The van der Waals surface area contributed by atoms with E-state index in [2.05, 4.69) is 20.9 Å². The molecule has 196 valence electrons. The first-order valence-corrected chi connectivity index (χ1v) is 13.1. The van der Waals surface area contributed by atoms with Crippen molar-refractivity contribution in [2.24, 2.45) is 0 Å². The highest BCUT2D eigenvalue weighted by atomic mass is 19.1. The van der Waals surface area contributed by atoms with E-state index in [1.54, 1.807) is 30.8 Å². The van der Waals surface area contributed by atoms with Gasteiger partial charge in [-0.1, -0.05) is 19.3 Å². The summed E-state index contributed by atoms with van der Waals surface area (Å²) in [5.74, 6) is 0.0841. The molecule has 0 aliphatic heterocycles. The standard InChI is InChI=1S/C28H34FN5O3/c1-16-10-23(29)24(33-28(37)32-18-6-4-3-5-7-18)13-21(16)22-11-17-15-31-26(30-2)14-25(17)34(27(22)36)19-8-9-20(35)12-19/h10-11,13-15,18-20,35H,3-9,12H2,1-2H3,(H,30,31)(H2,32,33,37). The third kappa shape index (κ3) is 5.18. The number of aromatic nitrogens is 2. The van der Waals surface area contributed by atoms with Crippen LogP contribution in [-0.2, 0) is 0 Å². The van der Waals surface area contributed by atoms with Crippen molar-refractivity contribution in [1.29, 1.82) is 0 Å². The van der Waals surface area contributed by atoms with Crippen molar-refractivity contribution in [3.8, 4) is 11.1 Å². The van der Waals surface area contributed by atoms with Gasteiger partial charge < -0.3 is 25.6 Å². The van der Waals surface area contributed by atoms with Crippen LogP contribution < -0.4 is 21.5 Å². The second-order valence-corrected chi connectivity index (χ2v) is 10.3. The molecule has 8 nitrogen and oxygen atoms in total. The van der Waals surface area contributed by atoms with E-state index < -0.39 is 18.0 Å². The maximum absolute atomic E-state index is 14.9. The summed E-state index contributed by atoms with van der Waals surface area (Å²) in [5.41, 5.74) is 2.08. The highest BCUT2D eigenvalue weighted by molar-refractivity contribution is 5.92. The number of rotatable bonds is 5. The van der Waals surface area contributed by atoms with E-state index in [4.69, 9.17) is 0 Å². The molecule has 2 aliphatic carbocycles. The average Bonchev–Trinajstić information content (AvgIpc) is 3.31. The SMILES string of the molecule is CNc1cc2c(cn1)cc(-c1cc(NC(=O)NC3CCCCC3)c(F)cc1C)c(=O)n2C1CCC(O)C1. The fourth-order valence-electron chi connectivity index (χ4n) is 5.74. The molecule has 37 heavy (non-hydrogen) atoms. The summed E-state index contributed by atoms with van der Waals surface area (Å²) in [6.07, 6.45) is 8.23. The molecule has 0 saturated heterocycles. The molecule has 2 atom stereocenters. The molecule has 3 aromatic rings. The minimum atomic E-state index is -0.555. The van der Waals surface area contributed by atoms with Crippen molar-refractivity contribution >= 4 is 28.4 Å². The third-order valence-electron chi connectivity index (χ3n) is 7.71. The van der Waals surface area contributed by atoms with Crippen LogP contribution in [0.5, 0.6) is 0 Å². The van der Waals surface area contributed by atoms with Gasteiger partial charge in [-0.3, -0.25) is 4.79 Å². The van der Waals surface area contributed by atoms with Gasteiger partial charge >= 0.3 is 6.03 Å². The Kier molecular flexibility index (Phi) is 7.15. The van der Waals surface area contributed by atoms with Crippen LogP contribution in [0.25, 0.3) is 22.0 Å². The Morgan fingerprint density at radius 3 is 2.57 bits per heavy atom. The molecule has 9 heteroatoms. The van der Waals surface area contributed by atoms with Crippen LogP contribution in [0.15, 0.2) is 35.3 Å². The zero-order chi connectivity index (χ0) is 26.1. The van der Waals surface area contributed by atoms with E-state index in [-0.39, 0.29) is 23.3 Å². The minimum absolute atomic E-state index is 0.0277. The zero-order valence-corrected chi connectivity index (χ0v) is 21.3. The highest BCUT2D eigenvalue weighted by Gasteiger charge is 2.28. The molecule has 2 aromatic heterocycles. The Morgan fingerprint density at radius 1 is 1.08 bits per heavy atom. The second-order valence-electron chi connectivity index (χ2n) is 10.3. The van der Waals surface area contributed by atoms with Gasteiger partial charge in [0.25, 0.3) is 5.56 Å². The maximum atomic E-state index is 14.9. The van der Waals surface area contributed by atoms with Crippen LogP contribution in [0, 0.1) is 12.7 Å². The molecule has 2 aliphatic rings. The van der Waals surface area contributed by atoms with Crippen molar-refractivity contribution in [3.05, 3.63) is 52.2 Å². The summed E-state index contributed by atoms with van der Waals surface area (Å²) in [5, 5.41) is 19.6. The van der Waals surface area contributed by atoms with E-state index in [1.165, 1.54) is 18.6 Å². The number of urea groups is 1. The number of hydrogen-bond acceptors (Lipinski definition) is 5. The third-order valence-corrected chi connectivity index (χ3v) is 7.71. The number of carbonyl (C=O) groups excluding carboxylic acids is 1. The van der Waals surface area contributed by atoms with Gasteiger partial charge in [-0.05, 0) is 68.4 Å². The lowest BCUT2D eigenvalue weighted by molar-refractivity contribution is 0.178. The van der Waals surface area contributed by atoms with Gasteiger partial charge in [0.1, 0.15) is 11.6 Å². The summed E-state index contributed by atoms with van der Waals surface area (Å²) in [6, 6.07) is 5.99. The van der Waals surface area contributed by atoms with Gasteiger partial charge in [-0.2, -0.15) is 0 Å². The number of carbonyl (C=O) groups is 1. The van der Waals surface area contributed by atoms with Crippen molar-refractivity contribution in [1.82, 2.24) is 14.9 Å². The van der Waals surface area contributed by atoms with Gasteiger partial charge in [0, 0.05) is 42.3 Å². The molecule has 4 N–H and O–H groups in total. The lowest BCUT2D eigenvalue weighted by atomic mass is 9.96. The number of nitrogens with zero attached hydrogens (tertiary/aromatic N) is 2. The molecule has 0 radical (unpaired) electrons. The Hall–Kier alpha value is -3.46. The summed E-state index contributed by atoms with van der Waals surface area (Å²) in [7, 11) is 1.77. The highest BCUT2D eigenvalue weighted by Crippen LogP contribution is 2.34. The number of amides is 2. The van der Waals surface area contributed by atoms with Crippen molar-refractivity contribution in [3.63, 3.8) is 0 Å². The van der Waals surface area contributed by atoms with E-state index in [1.807, 2.05) is 6.07 Å². The zero-order valence-electron chi connectivity index (χ0n) is 21.3. The van der Waals surface area contributed by atoms with E-state index >= 15 is 0 Å². The summed E-state index contributed by atoms with van der Waals surface area (Å²) in [6.45, 7) is 1.75. The molecular formula is C28H34FN5O3. The first-order valence-electron chi connectivity index (χ1n) is 13.1. The van der Waals surface area contributed by atoms with Crippen molar-refractivity contribution < 1.29 is 14.3 Å². The largest absolute Gasteiger partial charge is 0.393 e. The topological polar surface area (TPSA) is 108 Å². The molecule has 2 saturated carbocycles. The van der Waals surface area contributed by atoms with Crippen molar-refractivity contribution in [2.45, 2.75) is 76.5 Å². The number of nitrogens with one attached hydrogen (secondary N) is 3. The number of hydrogen-bond donors (Lipinski definition) is 4. The minimum Gasteiger partial charge on any atom is -0.393 e. The Bertz CT molecular complexity index is 1380. The van der Waals surface area contributed by atoms with Gasteiger partial charge in [0.2, 0.25) is 0 Å². The first-order chi connectivity index (χ1) is 17.8. The Labute approximate surface area is 215 Å². The van der Waals surface area contributed by atoms with Gasteiger partial charge in [0.15, 0.2) is 0 Å². The normalized spacial score (nSPS) is 20.2. The molecule has 2 heterocycles. The summed E-state index contributed by atoms with van der Waals surface area (Å²) in [4.78, 5) is 31.0. The molecular weight excluding hydrogens is 473 g/mol. The van der Waals surface area contributed by atoms with Crippen LogP contribution >= 0.6 is 0 Å². The molecule has 5 rings (SSSR count). The molecule has 2 unspecified atom stereocenters. The van der Waals surface area contributed by atoms with Gasteiger partial charge in [-0.25, -0.2) is 14.2 Å². The van der Waals surface area contributed by atoms with E-state index in [0.29, 0.717) is 41.8 Å². The number of benzene rings is 1. The van der Waals surface area contributed by atoms with Crippen LogP contribution in [0.1, 0.15) is 63.0 Å². The smallest absolute Gasteiger partial charge is 0.319 e. The average molecular weight is 508 g/mol. The van der Waals surface area contributed by atoms with E-state index in [9.17, 15) is 19.1 Å². The predicted molar refractivity (Wildman–Crippen MR) is 144 cm³/mol. The van der Waals surface area contributed by atoms with E-state index in [0.717, 1.165) is 36.6 Å². The van der Waals surface area contributed by atoms with Crippen LogP contribution in [-0.4, -0.2) is 39.9 Å². The number of fused-ring (bicyclic) bond motifs is 1. The van der Waals surface area contributed by atoms with Crippen LogP contribution in [0.4, 0.5) is 20.7 Å². The molecule has 0 bridgehead atoms.